The van der Waals surface area contributed by atoms with Crippen molar-refractivity contribution in [3.05, 3.63) is 58.0 Å². The molecule has 0 unspecified atom stereocenters. The third kappa shape index (κ3) is 4.93. The summed E-state index contributed by atoms with van der Waals surface area (Å²) in [6.07, 6.45) is 6.74. The minimum Gasteiger partial charge on any atom is -0.282 e. The number of rotatable bonds is 7. The van der Waals surface area contributed by atoms with Gasteiger partial charge in [0.25, 0.3) is 5.91 Å². The van der Waals surface area contributed by atoms with Gasteiger partial charge in [-0.1, -0.05) is 60.6 Å². The molecule has 0 radical (unpaired) electrons. The van der Waals surface area contributed by atoms with Gasteiger partial charge in [-0.2, -0.15) is 4.99 Å². The zero-order valence-electron chi connectivity index (χ0n) is 15.5. The first-order valence-electron chi connectivity index (χ1n) is 8.90. The molecule has 1 amide bonds. The number of aryl methyl sites for hydroxylation is 2. The molecule has 3 rings (SSSR count). The largest absolute Gasteiger partial charge is 0.282 e. The summed E-state index contributed by atoms with van der Waals surface area (Å²) in [6.45, 7) is 8.36. The summed E-state index contributed by atoms with van der Waals surface area (Å²) < 4.78 is 0. The topological polar surface area (TPSA) is 58.5 Å². The van der Waals surface area contributed by atoms with Gasteiger partial charge in [-0.25, -0.2) is 0 Å². The SMILES string of the molecule is C=CCN1C(=O)/C(=C\c2cccc(C)c2)SC1=Nc1nnc(CCCC)s1. The fourth-order valence-corrected chi connectivity index (χ4v) is 4.39. The van der Waals surface area contributed by atoms with Crippen molar-refractivity contribution in [1.82, 2.24) is 15.1 Å². The summed E-state index contributed by atoms with van der Waals surface area (Å²) in [5.74, 6) is -0.0594. The number of amides is 1. The lowest BCUT2D eigenvalue weighted by Gasteiger charge is -2.11. The summed E-state index contributed by atoms with van der Waals surface area (Å²) >= 11 is 2.85. The van der Waals surface area contributed by atoms with E-state index in [2.05, 4.69) is 34.8 Å². The number of hydrogen-bond acceptors (Lipinski definition) is 6. The van der Waals surface area contributed by atoms with Gasteiger partial charge in [0.15, 0.2) is 5.17 Å². The number of aliphatic imine (C=N–C) groups is 1. The van der Waals surface area contributed by atoms with Crippen LogP contribution < -0.4 is 0 Å². The van der Waals surface area contributed by atoms with Crippen LogP contribution in [-0.2, 0) is 11.2 Å². The smallest absolute Gasteiger partial charge is 0.267 e. The van der Waals surface area contributed by atoms with E-state index in [9.17, 15) is 4.79 Å². The van der Waals surface area contributed by atoms with E-state index >= 15 is 0 Å². The summed E-state index contributed by atoms with van der Waals surface area (Å²) in [5.41, 5.74) is 2.16. The number of aromatic nitrogens is 2. The van der Waals surface area contributed by atoms with E-state index < -0.39 is 0 Å². The molecule has 1 saturated heterocycles. The monoisotopic (exact) mass is 398 g/mol. The van der Waals surface area contributed by atoms with Gasteiger partial charge in [0.05, 0.1) is 4.91 Å². The Bertz CT molecular complexity index is 901. The Morgan fingerprint density at radius 2 is 2.19 bits per heavy atom. The lowest BCUT2D eigenvalue weighted by atomic mass is 10.1. The lowest BCUT2D eigenvalue weighted by Crippen LogP contribution is -2.29. The third-order valence-corrected chi connectivity index (χ3v) is 5.81. The molecule has 5 nitrogen and oxygen atoms in total. The van der Waals surface area contributed by atoms with Crippen LogP contribution in [0.5, 0.6) is 0 Å². The van der Waals surface area contributed by atoms with Gasteiger partial charge in [0, 0.05) is 13.0 Å². The summed E-state index contributed by atoms with van der Waals surface area (Å²) in [5, 5.41) is 10.5. The molecule has 7 heteroatoms. The van der Waals surface area contributed by atoms with Gasteiger partial charge in [-0.3, -0.25) is 9.69 Å². The quantitative estimate of drug-likeness (QED) is 0.487. The molecule has 1 aliphatic heterocycles. The van der Waals surface area contributed by atoms with Crippen molar-refractivity contribution >= 4 is 45.4 Å². The zero-order chi connectivity index (χ0) is 19.2. The molecule has 0 saturated carbocycles. The molecular weight excluding hydrogens is 376 g/mol. The summed E-state index contributed by atoms with van der Waals surface area (Å²) in [4.78, 5) is 19.7. The molecule has 2 aromatic rings. The second-order valence-corrected chi connectivity index (χ2v) is 8.26. The van der Waals surface area contributed by atoms with Crippen LogP contribution in [0, 0.1) is 6.92 Å². The first-order chi connectivity index (χ1) is 13.1. The van der Waals surface area contributed by atoms with Crippen LogP contribution in [0.3, 0.4) is 0 Å². The molecule has 1 fully saturated rings. The zero-order valence-corrected chi connectivity index (χ0v) is 17.1. The van der Waals surface area contributed by atoms with Crippen LogP contribution in [0.15, 0.2) is 46.8 Å². The molecule has 1 aromatic carbocycles. The fourth-order valence-electron chi connectivity index (χ4n) is 2.59. The Kier molecular flexibility index (Phi) is 6.58. The highest BCUT2D eigenvalue weighted by Crippen LogP contribution is 2.34. The molecule has 2 heterocycles. The van der Waals surface area contributed by atoms with E-state index in [0.29, 0.717) is 21.7 Å². The van der Waals surface area contributed by atoms with Crippen molar-refractivity contribution in [2.75, 3.05) is 6.54 Å². The number of unbranched alkanes of at least 4 members (excludes halogenated alkanes) is 1. The van der Waals surface area contributed by atoms with Crippen LogP contribution >= 0.6 is 23.1 Å². The Morgan fingerprint density at radius 3 is 2.93 bits per heavy atom. The lowest BCUT2D eigenvalue weighted by molar-refractivity contribution is -0.121. The predicted molar refractivity (Wildman–Crippen MR) is 114 cm³/mol. The van der Waals surface area contributed by atoms with Gasteiger partial charge < -0.3 is 0 Å². The molecule has 27 heavy (non-hydrogen) atoms. The Hall–Kier alpha value is -2.25. The van der Waals surface area contributed by atoms with E-state index in [1.165, 1.54) is 23.1 Å². The number of benzene rings is 1. The Morgan fingerprint density at radius 1 is 1.33 bits per heavy atom. The maximum Gasteiger partial charge on any atom is 0.267 e. The van der Waals surface area contributed by atoms with Gasteiger partial charge >= 0.3 is 0 Å². The van der Waals surface area contributed by atoms with Crippen LogP contribution in [0.2, 0.25) is 0 Å². The van der Waals surface area contributed by atoms with Crippen LogP contribution in [0.25, 0.3) is 6.08 Å². The maximum atomic E-state index is 12.8. The number of thioether (sulfide) groups is 1. The maximum absolute atomic E-state index is 12.8. The van der Waals surface area contributed by atoms with Gasteiger partial charge in [-0.05, 0) is 36.7 Å². The average Bonchev–Trinajstić information content (AvgIpc) is 3.20. The molecule has 0 spiro atoms. The summed E-state index contributed by atoms with van der Waals surface area (Å²) in [7, 11) is 0. The van der Waals surface area contributed by atoms with Crippen molar-refractivity contribution < 1.29 is 4.79 Å². The van der Waals surface area contributed by atoms with Crippen LogP contribution in [0.1, 0.15) is 35.9 Å². The number of carbonyl (C=O) groups excluding carboxylic acids is 1. The van der Waals surface area contributed by atoms with Crippen molar-refractivity contribution in [1.29, 1.82) is 0 Å². The first kappa shape index (κ1) is 19.5. The van der Waals surface area contributed by atoms with Gasteiger partial charge in [-0.15, -0.1) is 16.8 Å². The normalized spacial score (nSPS) is 17.3. The first-order valence-corrected chi connectivity index (χ1v) is 10.5. The molecule has 1 aliphatic rings. The van der Waals surface area contributed by atoms with Gasteiger partial charge in [0.1, 0.15) is 5.01 Å². The number of amidine groups is 1. The van der Waals surface area contributed by atoms with Crippen molar-refractivity contribution in [2.24, 2.45) is 4.99 Å². The molecule has 0 N–H and O–H groups in total. The fraction of sp³-hybridized carbons (Fsp3) is 0.300. The number of hydrogen-bond donors (Lipinski definition) is 0. The third-order valence-electron chi connectivity index (χ3n) is 3.93. The highest BCUT2D eigenvalue weighted by molar-refractivity contribution is 8.18. The standard InChI is InChI=1S/C20H22N4OS2/c1-4-6-10-17-22-23-19(27-17)21-20-24(11-5-2)18(25)16(26-20)13-15-9-7-8-14(3)12-15/h5,7-9,12-13H,2,4,6,10-11H2,1,3H3/b16-13+,21-20?. The molecule has 1 aromatic heterocycles. The van der Waals surface area contributed by atoms with Crippen molar-refractivity contribution in [3.63, 3.8) is 0 Å². The van der Waals surface area contributed by atoms with E-state index in [1.807, 2.05) is 31.2 Å². The minimum absolute atomic E-state index is 0.0594. The van der Waals surface area contributed by atoms with E-state index in [4.69, 9.17) is 0 Å². The van der Waals surface area contributed by atoms with Crippen LogP contribution in [-0.4, -0.2) is 32.7 Å². The molecule has 0 aliphatic carbocycles. The summed E-state index contributed by atoms with van der Waals surface area (Å²) in [6, 6.07) is 8.07. The van der Waals surface area contributed by atoms with E-state index in [-0.39, 0.29) is 5.91 Å². The molecule has 140 valence electrons. The predicted octanol–water partition coefficient (Wildman–Crippen LogP) is 4.98. The van der Waals surface area contributed by atoms with Crippen LogP contribution in [0.4, 0.5) is 5.13 Å². The van der Waals surface area contributed by atoms with E-state index in [0.717, 1.165) is 35.4 Å². The average molecular weight is 399 g/mol. The Labute approximate surface area is 167 Å². The minimum atomic E-state index is -0.0594. The van der Waals surface area contributed by atoms with Crippen molar-refractivity contribution in [3.8, 4) is 0 Å². The highest BCUT2D eigenvalue weighted by atomic mass is 32.2. The second-order valence-electron chi connectivity index (χ2n) is 6.21. The second kappa shape index (κ2) is 9.10. The number of nitrogens with zero attached hydrogens (tertiary/aromatic N) is 4. The highest BCUT2D eigenvalue weighted by Gasteiger charge is 2.32. The Balaban J connectivity index is 1.86. The van der Waals surface area contributed by atoms with Crippen molar-refractivity contribution in [2.45, 2.75) is 33.1 Å². The molecule has 0 atom stereocenters. The van der Waals surface area contributed by atoms with Gasteiger partial charge in [0.2, 0.25) is 5.13 Å². The molecular formula is C20H22N4OS2. The van der Waals surface area contributed by atoms with E-state index in [1.54, 1.807) is 11.0 Å². The molecule has 0 bridgehead atoms. The number of carbonyl (C=O) groups is 1.